The highest BCUT2D eigenvalue weighted by atomic mass is 16.5. The Morgan fingerprint density at radius 1 is 1.65 bits per heavy atom. The van der Waals surface area contributed by atoms with Crippen LogP contribution in [-0.2, 0) is 4.74 Å². The average Bonchev–Trinajstić information content (AvgIpc) is 2.75. The van der Waals surface area contributed by atoms with Crippen LogP contribution in [0.5, 0.6) is 0 Å². The molecule has 0 fully saturated rings. The normalized spacial score (nSPS) is 24.5. The number of aliphatic imine (C=N–C) groups is 1. The van der Waals surface area contributed by atoms with Gasteiger partial charge < -0.3 is 25.4 Å². The zero-order chi connectivity index (χ0) is 12.8. The minimum absolute atomic E-state index is 0.263. The number of ether oxygens (including phenoxy) is 1. The number of rotatable bonds is 6. The first-order chi connectivity index (χ1) is 8.10. The van der Waals surface area contributed by atoms with Crippen LogP contribution in [-0.4, -0.2) is 59.3 Å². The molecule has 1 aliphatic heterocycles. The predicted octanol–water partition coefficient (Wildman–Crippen LogP) is -1.13. The van der Waals surface area contributed by atoms with Gasteiger partial charge in [0.15, 0.2) is 0 Å². The molecule has 6 heteroatoms. The Kier molecular flexibility index (Phi) is 5.40. The molecule has 0 spiro atoms. The van der Waals surface area contributed by atoms with Crippen molar-refractivity contribution in [2.75, 3.05) is 19.7 Å². The molecule has 0 aromatic carbocycles. The molecule has 1 heterocycles. The van der Waals surface area contributed by atoms with Crippen molar-refractivity contribution in [3.05, 3.63) is 12.7 Å². The Morgan fingerprint density at radius 2 is 2.35 bits per heavy atom. The molecule has 0 bridgehead atoms. The summed E-state index contributed by atoms with van der Waals surface area (Å²) in [6.07, 6.45) is -0.690. The van der Waals surface area contributed by atoms with Gasteiger partial charge in [-0.15, -0.1) is 6.58 Å². The van der Waals surface area contributed by atoms with Gasteiger partial charge in [0.1, 0.15) is 6.10 Å². The van der Waals surface area contributed by atoms with Crippen molar-refractivity contribution < 1.29 is 20.1 Å². The van der Waals surface area contributed by atoms with Gasteiger partial charge >= 0.3 is 0 Å². The number of hydrogen-bond acceptors (Lipinski definition) is 6. The number of aliphatic hydroxyl groups is 3. The highest BCUT2D eigenvalue weighted by Crippen LogP contribution is 2.19. The molecule has 0 aromatic heterocycles. The Balaban J connectivity index is 2.49. The third-order valence-electron chi connectivity index (χ3n) is 2.70. The lowest BCUT2D eigenvalue weighted by Gasteiger charge is -2.27. The standard InChI is InChI=1S/C11H20N2O4/c1-3-4-12-11-13-5-9(17-11)8(6-14)10(16)7(2)15/h3,7-10,14-16H,1,4-6H2,2H3,(H,12,13)/t7-,8+,9?,10+/m1/s1. The second-order valence-corrected chi connectivity index (χ2v) is 4.05. The lowest BCUT2D eigenvalue weighted by atomic mass is 9.93. The van der Waals surface area contributed by atoms with E-state index in [2.05, 4.69) is 16.9 Å². The second-order valence-electron chi connectivity index (χ2n) is 4.05. The van der Waals surface area contributed by atoms with Gasteiger partial charge in [0, 0.05) is 12.5 Å². The van der Waals surface area contributed by atoms with Crippen LogP contribution in [0.2, 0.25) is 0 Å². The number of hydrogen-bond donors (Lipinski definition) is 4. The maximum absolute atomic E-state index is 9.73. The summed E-state index contributed by atoms with van der Waals surface area (Å²) in [5, 5.41) is 31.2. The van der Waals surface area contributed by atoms with E-state index in [1.165, 1.54) is 6.92 Å². The summed E-state index contributed by atoms with van der Waals surface area (Å²) in [7, 11) is 0. The maximum atomic E-state index is 9.73. The predicted molar refractivity (Wildman–Crippen MR) is 63.6 cm³/mol. The Morgan fingerprint density at radius 3 is 2.88 bits per heavy atom. The van der Waals surface area contributed by atoms with E-state index in [9.17, 15) is 15.3 Å². The molecular formula is C11H20N2O4. The van der Waals surface area contributed by atoms with Crippen molar-refractivity contribution in [2.45, 2.75) is 25.2 Å². The van der Waals surface area contributed by atoms with Crippen LogP contribution in [0, 0.1) is 5.92 Å². The molecule has 4 atom stereocenters. The van der Waals surface area contributed by atoms with Crippen molar-refractivity contribution in [1.29, 1.82) is 0 Å². The number of nitrogens with one attached hydrogen (secondary N) is 1. The molecule has 17 heavy (non-hydrogen) atoms. The third-order valence-corrected chi connectivity index (χ3v) is 2.70. The largest absolute Gasteiger partial charge is 0.460 e. The summed E-state index contributed by atoms with van der Waals surface area (Å²) in [5.41, 5.74) is 0. The van der Waals surface area contributed by atoms with Gasteiger partial charge in [-0.2, -0.15) is 0 Å². The molecule has 0 aromatic rings. The zero-order valence-corrected chi connectivity index (χ0v) is 9.91. The van der Waals surface area contributed by atoms with E-state index < -0.39 is 24.2 Å². The van der Waals surface area contributed by atoms with E-state index >= 15 is 0 Å². The molecule has 0 aliphatic carbocycles. The van der Waals surface area contributed by atoms with E-state index in [0.29, 0.717) is 19.1 Å². The smallest absolute Gasteiger partial charge is 0.285 e. The number of nitrogens with zero attached hydrogens (tertiary/aromatic N) is 1. The van der Waals surface area contributed by atoms with Gasteiger partial charge in [0.05, 0.1) is 25.4 Å². The Labute approximate surface area is 101 Å². The van der Waals surface area contributed by atoms with E-state index in [0.717, 1.165) is 0 Å². The number of aliphatic hydroxyl groups excluding tert-OH is 3. The Hall–Kier alpha value is -1.11. The molecule has 1 unspecified atom stereocenters. The first-order valence-corrected chi connectivity index (χ1v) is 5.63. The molecule has 0 amide bonds. The highest BCUT2D eigenvalue weighted by Gasteiger charge is 2.35. The summed E-state index contributed by atoms with van der Waals surface area (Å²) >= 11 is 0. The van der Waals surface area contributed by atoms with Crippen molar-refractivity contribution in [3.8, 4) is 0 Å². The quantitative estimate of drug-likeness (QED) is 0.443. The highest BCUT2D eigenvalue weighted by molar-refractivity contribution is 5.75. The molecule has 98 valence electrons. The van der Waals surface area contributed by atoms with Crippen LogP contribution >= 0.6 is 0 Å². The molecule has 1 aliphatic rings. The van der Waals surface area contributed by atoms with Crippen LogP contribution in [0.1, 0.15) is 6.92 Å². The fourth-order valence-corrected chi connectivity index (χ4v) is 1.67. The summed E-state index contributed by atoms with van der Waals surface area (Å²) in [4.78, 5) is 4.10. The summed E-state index contributed by atoms with van der Waals surface area (Å²) in [6, 6.07) is 0.381. The maximum Gasteiger partial charge on any atom is 0.285 e. The van der Waals surface area contributed by atoms with Crippen molar-refractivity contribution in [3.63, 3.8) is 0 Å². The Bertz CT molecular complexity index is 281. The van der Waals surface area contributed by atoms with E-state index in [-0.39, 0.29) is 6.61 Å². The van der Waals surface area contributed by atoms with E-state index in [4.69, 9.17) is 4.74 Å². The molecule has 0 saturated carbocycles. The lowest BCUT2D eigenvalue weighted by Crippen LogP contribution is -2.43. The fraction of sp³-hybridized carbons (Fsp3) is 0.727. The van der Waals surface area contributed by atoms with Crippen LogP contribution in [0.15, 0.2) is 17.6 Å². The third kappa shape index (κ3) is 3.69. The van der Waals surface area contributed by atoms with Gasteiger partial charge in [-0.25, -0.2) is 4.99 Å². The van der Waals surface area contributed by atoms with Crippen LogP contribution in [0.3, 0.4) is 0 Å². The summed E-state index contributed by atoms with van der Waals surface area (Å²) in [5.74, 6) is -0.554. The van der Waals surface area contributed by atoms with Crippen LogP contribution in [0.25, 0.3) is 0 Å². The van der Waals surface area contributed by atoms with Crippen molar-refractivity contribution in [2.24, 2.45) is 10.9 Å². The van der Waals surface area contributed by atoms with Gasteiger partial charge in [-0.05, 0) is 6.92 Å². The summed E-state index contributed by atoms with van der Waals surface area (Å²) < 4.78 is 5.45. The van der Waals surface area contributed by atoms with Gasteiger partial charge in [-0.1, -0.05) is 6.08 Å². The first-order valence-electron chi connectivity index (χ1n) is 5.63. The zero-order valence-electron chi connectivity index (χ0n) is 9.91. The molecule has 0 radical (unpaired) electrons. The first kappa shape index (κ1) is 14.0. The minimum atomic E-state index is -1.03. The topological polar surface area (TPSA) is 94.3 Å². The van der Waals surface area contributed by atoms with E-state index in [1.54, 1.807) is 6.08 Å². The van der Waals surface area contributed by atoms with Gasteiger partial charge in [0.2, 0.25) is 0 Å². The molecule has 4 N–H and O–H groups in total. The fourth-order valence-electron chi connectivity index (χ4n) is 1.67. The van der Waals surface area contributed by atoms with Crippen LogP contribution in [0.4, 0.5) is 0 Å². The van der Waals surface area contributed by atoms with E-state index in [1.807, 2.05) is 0 Å². The SMILES string of the molecule is C=CCNC1=NCC([C@H](CO)[C@@H](O)[C@@H](C)O)O1. The molecular weight excluding hydrogens is 224 g/mol. The van der Waals surface area contributed by atoms with Crippen LogP contribution < -0.4 is 5.32 Å². The van der Waals surface area contributed by atoms with Crippen molar-refractivity contribution >= 4 is 6.02 Å². The summed E-state index contributed by atoms with van der Waals surface area (Å²) in [6.45, 7) is 5.66. The molecule has 6 nitrogen and oxygen atoms in total. The lowest BCUT2D eigenvalue weighted by molar-refractivity contribution is -0.0587. The van der Waals surface area contributed by atoms with Crippen molar-refractivity contribution in [1.82, 2.24) is 5.32 Å². The van der Waals surface area contributed by atoms with Gasteiger partial charge in [0.25, 0.3) is 6.02 Å². The second kappa shape index (κ2) is 6.58. The number of amidine groups is 1. The monoisotopic (exact) mass is 244 g/mol. The van der Waals surface area contributed by atoms with Gasteiger partial charge in [-0.3, -0.25) is 0 Å². The minimum Gasteiger partial charge on any atom is -0.460 e. The molecule has 0 saturated heterocycles. The average molecular weight is 244 g/mol. The molecule has 1 rings (SSSR count).